The molecule has 2 aromatic rings. The highest BCUT2D eigenvalue weighted by Crippen LogP contribution is 2.29. The van der Waals surface area contributed by atoms with Crippen molar-refractivity contribution < 1.29 is 9.53 Å². The lowest BCUT2D eigenvalue weighted by Gasteiger charge is -2.37. The number of amides is 1. The predicted octanol–water partition coefficient (Wildman–Crippen LogP) is 4.11. The highest BCUT2D eigenvalue weighted by molar-refractivity contribution is 5.86. The van der Waals surface area contributed by atoms with Gasteiger partial charge in [-0.25, -0.2) is 0 Å². The maximum absolute atomic E-state index is 13.2. The number of carbonyl (C=O) groups excluding carboxylic acids is 1. The zero-order valence-corrected chi connectivity index (χ0v) is 16.5. The van der Waals surface area contributed by atoms with Crippen molar-refractivity contribution in [1.29, 1.82) is 0 Å². The number of fused-ring (bicyclic) bond motifs is 1. The van der Waals surface area contributed by atoms with Gasteiger partial charge in [-0.15, -0.1) is 0 Å². The van der Waals surface area contributed by atoms with Crippen molar-refractivity contribution in [1.82, 2.24) is 9.88 Å². The second-order valence-electron chi connectivity index (χ2n) is 7.60. The van der Waals surface area contributed by atoms with Gasteiger partial charge in [0.2, 0.25) is 5.56 Å². The molecule has 1 heterocycles. The van der Waals surface area contributed by atoms with Crippen molar-refractivity contribution >= 4 is 16.8 Å². The van der Waals surface area contributed by atoms with Crippen LogP contribution in [0.25, 0.3) is 10.9 Å². The molecule has 27 heavy (non-hydrogen) atoms. The third-order valence-corrected chi connectivity index (χ3v) is 5.61. The minimum atomic E-state index is -0.514. The van der Waals surface area contributed by atoms with Gasteiger partial charge in [-0.2, -0.15) is 0 Å². The Bertz CT molecular complexity index is 845. The first-order valence-electron chi connectivity index (χ1n) is 10.1. The molecule has 3 unspecified atom stereocenters. The molecule has 0 saturated heterocycles. The second-order valence-corrected chi connectivity index (χ2v) is 7.60. The Morgan fingerprint density at radius 1 is 1.26 bits per heavy atom. The average Bonchev–Trinajstić information content (AvgIpc) is 2.66. The van der Waals surface area contributed by atoms with Crippen LogP contribution in [-0.4, -0.2) is 34.5 Å². The molecule has 5 nitrogen and oxygen atoms in total. The fraction of sp³-hybridized carbons (Fsp3) is 0.545. The molecule has 0 bridgehead atoms. The number of hydrogen-bond donors (Lipinski definition) is 1. The monoisotopic (exact) mass is 370 g/mol. The molecule has 1 aromatic heterocycles. The van der Waals surface area contributed by atoms with Gasteiger partial charge in [0, 0.05) is 24.0 Å². The summed E-state index contributed by atoms with van der Waals surface area (Å²) in [6.07, 6.45) is 4.69. The molecule has 146 valence electrons. The van der Waals surface area contributed by atoms with E-state index >= 15 is 0 Å². The molecule has 0 radical (unpaired) electrons. The highest BCUT2D eigenvalue weighted by atomic mass is 16.5. The number of likely N-dealkylation sites (N-methyl/N-ethyl adjacent to an activating group) is 1. The van der Waals surface area contributed by atoms with E-state index in [0.29, 0.717) is 30.7 Å². The number of H-pyrrole nitrogens is 1. The van der Waals surface area contributed by atoms with Crippen molar-refractivity contribution in [3.63, 3.8) is 0 Å². The molecule has 3 rings (SSSR count). The van der Waals surface area contributed by atoms with Crippen LogP contribution in [0.3, 0.4) is 0 Å². The van der Waals surface area contributed by atoms with Crippen LogP contribution in [0.2, 0.25) is 0 Å². The molecule has 1 N–H and O–H groups in total. The number of nitrogens with one attached hydrogen (secondary N) is 1. The third kappa shape index (κ3) is 4.34. The Hall–Kier alpha value is -2.30. The Labute approximate surface area is 160 Å². The average molecular weight is 370 g/mol. The Morgan fingerprint density at radius 2 is 2.07 bits per heavy atom. The number of nitrogens with zero attached hydrogens (tertiary/aromatic N) is 1. The summed E-state index contributed by atoms with van der Waals surface area (Å²) < 4.78 is 6.17. The Balaban J connectivity index is 1.82. The van der Waals surface area contributed by atoms with Gasteiger partial charge in [0.15, 0.2) is 6.10 Å². The van der Waals surface area contributed by atoms with Gasteiger partial charge in [0.25, 0.3) is 5.91 Å². The third-order valence-electron chi connectivity index (χ3n) is 5.61. The van der Waals surface area contributed by atoms with Gasteiger partial charge in [-0.05, 0) is 50.3 Å². The summed E-state index contributed by atoms with van der Waals surface area (Å²) in [7, 11) is 0. The van der Waals surface area contributed by atoms with Crippen molar-refractivity contribution in [2.75, 3.05) is 6.54 Å². The van der Waals surface area contributed by atoms with Gasteiger partial charge in [-0.1, -0.05) is 32.8 Å². The molecular weight excluding hydrogens is 340 g/mol. The zero-order valence-electron chi connectivity index (χ0n) is 16.5. The number of aromatic amines is 1. The molecule has 3 atom stereocenters. The first-order chi connectivity index (χ1) is 13.0. The van der Waals surface area contributed by atoms with E-state index in [2.05, 4.69) is 11.9 Å². The summed E-state index contributed by atoms with van der Waals surface area (Å²) in [5.74, 6) is 1.37. The van der Waals surface area contributed by atoms with Crippen LogP contribution >= 0.6 is 0 Å². The normalized spacial score (nSPS) is 21.0. The summed E-state index contributed by atoms with van der Waals surface area (Å²) in [6.45, 7) is 7.01. The number of hydrogen-bond acceptors (Lipinski definition) is 3. The lowest BCUT2D eigenvalue weighted by molar-refractivity contribution is -0.142. The van der Waals surface area contributed by atoms with E-state index < -0.39 is 6.10 Å². The number of pyridine rings is 1. The maximum Gasteiger partial charge on any atom is 0.263 e. The quantitative estimate of drug-likeness (QED) is 0.832. The number of ether oxygens (including phenoxy) is 1. The molecule has 1 aromatic carbocycles. The van der Waals surface area contributed by atoms with E-state index in [4.69, 9.17) is 4.74 Å². The Morgan fingerprint density at radius 3 is 2.78 bits per heavy atom. The van der Waals surface area contributed by atoms with Crippen molar-refractivity contribution in [2.45, 2.75) is 65.0 Å². The summed E-state index contributed by atoms with van der Waals surface area (Å²) in [5.41, 5.74) is 0.571. The topological polar surface area (TPSA) is 62.4 Å². The lowest BCUT2D eigenvalue weighted by atomic mass is 9.86. The molecule has 1 fully saturated rings. The van der Waals surface area contributed by atoms with E-state index in [1.165, 1.54) is 18.9 Å². The van der Waals surface area contributed by atoms with Crippen LogP contribution in [0.1, 0.15) is 52.9 Å². The van der Waals surface area contributed by atoms with E-state index in [9.17, 15) is 9.59 Å². The lowest BCUT2D eigenvalue weighted by Crippen LogP contribution is -2.48. The summed E-state index contributed by atoms with van der Waals surface area (Å²) in [4.78, 5) is 29.6. The molecule has 1 aliphatic rings. The first kappa shape index (κ1) is 19.5. The largest absolute Gasteiger partial charge is 0.480 e. The van der Waals surface area contributed by atoms with E-state index in [-0.39, 0.29) is 11.5 Å². The molecule has 1 amide bonds. The van der Waals surface area contributed by atoms with Crippen molar-refractivity contribution in [2.24, 2.45) is 5.92 Å². The van der Waals surface area contributed by atoms with Gasteiger partial charge >= 0.3 is 0 Å². The highest BCUT2D eigenvalue weighted by Gasteiger charge is 2.31. The summed E-state index contributed by atoms with van der Waals surface area (Å²) in [6, 6.07) is 9.09. The molecule has 5 heteroatoms. The molecule has 0 spiro atoms. The van der Waals surface area contributed by atoms with E-state index in [1.54, 1.807) is 6.07 Å². The van der Waals surface area contributed by atoms with Crippen LogP contribution in [0.5, 0.6) is 5.75 Å². The van der Waals surface area contributed by atoms with Crippen LogP contribution in [0.15, 0.2) is 35.1 Å². The number of benzene rings is 1. The van der Waals surface area contributed by atoms with Crippen LogP contribution in [0, 0.1) is 5.92 Å². The van der Waals surface area contributed by atoms with Crippen molar-refractivity contribution in [3.8, 4) is 5.75 Å². The Kier molecular flexibility index (Phi) is 6.19. The smallest absolute Gasteiger partial charge is 0.263 e. The first-order valence-corrected chi connectivity index (χ1v) is 10.1. The SMILES string of the molecule is CCC(Oc1cccc2[nH]c(=O)ccc12)C(=O)N(CC)C1CCCC(C)C1. The van der Waals surface area contributed by atoms with Gasteiger partial charge in [0.1, 0.15) is 5.75 Å². The molecule has 1 aliphatic carbocycles. The fourth-order valence-electron chi connectivity index (χ4n) is 4.19. The minimum absolute atomic E-state index is 0.0699. The fourth-order valence-corrected chi connectivity index (χ4v) is 4.19. The standard InChI is InChI=1S/C22H30N2O3/c1-4-19(22(26)24(5-2)16-9-6-8-15(3)14-16)27-20-11-7-10-18-17(20)12-13-21(25)23-18/h7,10-13,15-16,19H,4-6,8-9,14H2,1-3H3,(H,23,25). The summed E-state index contributed by atoms with van der Waals surface area (Å²) in [5, 5.41) is 0.817. The zero-order chi connectivity index (χ0) is 19.4. The number of rotatable bonds is 6. The van der Waals surface area contributed by atoms with Crippen LogP contribution in [0.4, 0.5) is 0 Å². The van der Waals surface area contributed by atoms with Gasteiger partial charge in [0.05, 0.1) is 5.52 Å². The molecule has 1 saturated carbocycles. The molecule has 0 aliphatic heterocycles. The predicted molar refractivity (Wildman–Crippen MR) is 108 cm³/mol. The van der Waals surface area contributed by atoms with E-state index in [1.807, 2.05) is 36.9 Å². The van der Waals surface area contributed by atoms with Crippen LogP contribution in [-0.2, 0) is 4.79 Å². The van der Waals surface area contributed by atoms with Gasteiger partial charge < -0.3 is 14.6 Å². The van der Waals surface area contributed by atoms with Gasteiger partial charge in [-0.3, -0.25) is 9.59 Å². The van der Waals surface area contributed by atoms with E-state index in [0.717, 1.165) is 23.7 Å². The maximum atomic E-state index is 13.2. The van der Waals surface area contributed by atoms with Crippen molar-refractivity contribution in [3.05, 3.63) is 40.7 Å². The van der Waals surface area contributed by atoms with Crippen LogP contribution < -0.4 is 10.3 Å². The summed E-state index contributed by atoms with van der Waals surface area (Å²) >= 11 is 0. The number of aromatic nitrogens is 1. The number of carbonyl (C=O) groups is 1. The molecular formula is C22H30N2O3. The second kappa shape index (κ2) is 8.59. The minimum Gasteiger partial charge on any atom is -0.480 e.